The summed E-state index contributed by atoms with van der Waals surface area (Å²) in [4.78, 5) is 20.7. The maximum absolute atomic E-state index is 13.3. The maximum atomic E-state index is 13.3. The van der Waals surface area contributed by atoms with Crippen molar-refractivity contribution in [1.29, 1.82) is 0 Å². The molecule has 4 heteroatoms. The van der Waals surface area contributed by atoms with E-state index in [0.717, 1.165) is 58.7 Å². The first-order valence-electron chi connectivity index (χ1n) is 10.4. The van der Waals surface area contributed by atoms with Crippen LogP contribution in [-0.4, -0.2) is 72.5 Å². The van der Waals surface area contributed by atoms with Crippen LogP contribution in [0.5, 0.6) is 0 Å². The first-order valence-corrected chi connectivity index (χ1v) is 10.4. The molecule has 0 unspecified atom stereocenters. The number of piperidine rings is 1. The molecule has 2 saturated heterocycles. The molecule has 3 fully saturated rings. The van der Waals surface area contributed by atoms with Gasteiger partial charge in [-0.25, -0.2) is 0 Å². The van der Waals surface area contributed by atoms with Gasteiger partial charge in [0.2, 0.25) is 5.91 Å². The van der Waals surface area contributed by atoms with Crippen LogP contribution < -0.4 is 0 Å². The van der Waals surface area contributed by atoms with Gasteiger partial charge in [0, 0.05) is 32.2 Å². The van der Waals surface area contributed by atoms with Crippen LogP contribution >= 0.6 is 0 Å². The molecule has 1 atom stereocenters. The molecule has 0 aromatic heterocycles. The Morgan fingerprint density at radius 1 is 1.04 bits per heavy atom. The summed E-state index contributed by atoms with van der Waals surface area (Å²) in [7, 11) is 0. The average molecular weight is 336 g/mol. The fourth-order valence-electron chi connectivity index (χ4n) is 5.19. The quantitative estimate of drug-likeness (QED) is 0.747. The van der Waals surface area contributed by atoms with E-state index < -0.39 is 0 Å². The van der Waals surface area contributed by atoms with E-state index in [0.29, 0.717) is 11.9 Å². The van der Waals surface area contributed by atoms with E-state index in [2.05, 4.69) is 28.5 Å². The molecule has 0 bridgehead atoms. The fourth-order valence-corrected chi connectivity index (χ4v) is 5.19. The van der Waals surface area contributed by atoms with Crippen LogP contribution in [0, 0.1) is 5.41 Å². The molecule has 1 amide bonds. The predicted molar refractivity (Wildman–Crippen MR) is 99.1 cm³/mol. The number of carbonyl (C=O) groups is 1. The molecule has 4 nitrogen and oxygen atoms in total. The van der Waals surface area contributed by atoms with E-state index >= 15 is 0 Å². The van der Waals surface area contributed by atoms with Crippen LogP contribution in [0.2, 0.25) is 0 Å². The molecule has 138 valence electrons. The number of hydrogen-bond donors (Lipinski definition) is 0. The molecular weight excluding hydrogens is 298 g/mol. The van der Waals surface area contributed by atoms with E-state index in [-0.39, 0.29) is 5.41 Å². The molecule has 0 aromatic rings. The highest BCUT2D eigenvalue weighted by Crippen LogP contribution is 2.41. The number of rotatable bonds is 6. The number of likely N-dealkylation sites (tertiary alicyclic amines) is 2. The van der Waals surface area contributed by atoms with Crippen molar-refractivity contribution >= 4 is 5.91 Å². The second kappa shape index (κ2) is 8.18. The molecule has 0 aromatic carbocycles. The minimum absolute atomic E-state index is 0.0427. The Morgan fingerprint density at radius 2 is 1.79 bits per heavy atom. The minimum atomic E-state index is -0.0427. The SMILES string of the molecule is CCN(CC)CCN1CC[C@]2(CCCN(C3CCCCC3)C2=O)C1. The Morgan fingerprint density at radius 3 is 2.50 bits per heavy atom. The number of likely N-dealkylation sites (N-methyl/N-ethyl adjacent to an activating group) is 1. The van der Waals surface area contributed by atoms with E-state index in [1.54, 1.807) is 0 Å². The van der Waals surface area contributed by atoms with Crippen LogP contribution in [0.3, 0.4) is 0 Å². The van der Waals surface area contributed by atoms with E-state index in [4.69, 9.17) is 0 Å². The lowest BCUT2D eigenvalue weighted by Gasteiger charge is -2.44. The van der Waals surface area contributed by atoms with Crippen molar-refractivity contribution < 1.29 is 4.79 Å². The van der Waals surface area contributed by atoms with Gasteiger partial charge in [-0.3, -0.25) is 4.79 Å². The van der Waals surface area contributed by atoms with Crippen molar-refractivity contribution in [3.05, 3.63) is 0 Å². The molecule has 3 aliphatic rings. The Bertz CT molecular complexity index is 417. The molecule has 1 spiro atoms. The zero-order valence-corrected chi connectivity index (χ0v) is 15.9. The summed E-state index contributed by atoms with van der Waals surface area (Å²) in [6.07, 6.45) is 9.91. The monoisotopic (exact) mass is 335 g/mol. The fraction of sp³-hybridized carbons (Fsp3) is 0.950. The van der Waals surface area contributed by atoms with Crippen molar-refractivity contribution in [3.8, 4) is 0 Å². The summed E-state index contributed by atoms with van der Waals surface area (Å²) in [5.74, 6) is 0.506. The van der Waals surface area contributed by atoms with Gasteiger partial charge < -0.3 is 14.7 Å². The highest BCUT2D eigenvalue weighted by molar-refractivity contribution is 5.84. The number of carbonyl (C=O) groups excluding carboxylic acids is 1. The van der Waals surface area contributed by atoms with Crippen LogP contribution in [-0.2, 0) is 4.79 Å². The highest BCUT2D eigenvalue weighted by atomic mass is 16.2. The van der Waals surface area contributed by atoms with Gasteiger partial charge in [0.15, 0.2) is 0 Å². The molecule has 0 N–H and O–H groups in total. The van der Waals surface area contributed by atoms with Gasteiger partial charge in [0.25, 0.3) is 0 Å². The normalized spacial score (nSPS) is 30.0. The first kappa shape index (κ1) is 18.2. The van der Waals surface area contributed by atoms with Gasteiger partial charge in [-0.2, -0.15) is 0 Å². The van der Waals surface area contributed by atoms with Crippen molar-refractivity contribution in [1.82, 2.24) is 14.7 Å². The number of nitrogens with zero attached hydrogens (tertiary/aromatic N) is 3. The molecular formula is C20H37N3O. The molecule has 1 aliphatic carbocycles. The maximum Gasteiger partial charge on any atom is 0.230 e. The molecule has 1 saturated carbocycles. The molecule has 2 aliphatic heterocycles. The van der Waals surface area contributed by atoms with Crippen molar-refractivity contribution in [3.63, 3.8) is 0 Å². The standard InChI is InChI=1S/C20H37N3O/c1-3-21(4-2)15-16-22-14-12-20(17-22)11-8-13-23(19(20)24)18-9-6-5-7-10-18/h18H,3-17H2,1-2H3/t20-/m1/s1. The van der Waals surface area contributed by atoms with Crippen LogP contribution in [0.1, 0.15) is 65.2 Å². The van der Waals surface area contributed by atoms with E-state index in [1.165, 1.54) is 38.5 Å². The third kappa shape index (κ3) is 3.80. The van der Waals surface area contributed by atoms with Gasteiger partial charge in [-0.15, -0.1) is 0 Å². The van der Waals surface area contributed by atoms with Crippen molar-refractivity contribution in [2.24, 2.45) is 5.41 Å². The summed E-state index contributed by atoms with van der Waals surface area (Å²) in [6.45, 7) is 12.1. The smallest absolute Gasteiger partial charge is 0.230 e. The van der Waals surface area contributed by atoms with Crippen LogP contribution in [0.4, 0.5) is 0 Å². The number of amides is 1. The zero-order chi connectivity index (χ0) is 17.0. The highest BCUT2D eigenvalue weighted by Gasteiger charge is 2.49. The summed E-state index contributed by atoms with van der Waals surface area (Å²) < 4.78 is 0. The molecule has 24 heavy (non-hydrogen) atoms. The largest absolute Gasteiger partial charge is 0.339 e. The summed E-state index contributed by atoms with van der Waals surface area (Å²) >= 11 is 0. The lowest BCUT2D eigenvalue weighted by Crippen LogP contribution is -2.54. The van der Waals surface area contributed by atoms with Gasteiger partial charge in [0.1, 0.15) is 0 Å². The lowest BCUT2D eigenvalue weighted by molar-refractivity contribution is -0.149. The van der Waals surface area contributed by atoms with Crippen molar-refractivity contribution in [2.75, 3.05) is 45.8 Å². The van der Waals surface area contributed by atoms with E-state index in [1.807, 2.05) is 0 Å². The second-order valence-electron chi connectivity index (χ2n) is 8.23. The number of hydrogen-bond acceptors (Lipinski definition) is 3. The van der Waals surface area contributed by atoms with Gasteiger partial charge in [-0.05, 0) is 51.7 Å². The topological polar surface area (TPSA) is 26.8 Å². The van der Waals surface area contributed by atoms with Crippen LogP contribution in [0.15, 0.2) is 0 Å². The first-order chi connectivity index (χ1) is 11.7. The van der Waals surface area contributed by atoms with Gasteiger partial charge in [-0.1, -0.05) is 33.1 Å². The summed E-state index contributed by atoms with van der Waals surface area (Å²) in [5.41, 5.74) is -0.0427. The Labute approximate surface area is 148 Å². The molecule has 0 radical (unpaired) electrons. The summed E-state index contributed by atoms with van der Waals surface area (Å²) in [6, 6.07) is 0.549. The zero-order valence-electron chi connectivity index (χ0n) is 15.9. The van der Waals surface area contributed by atoms with Crippen LogP contribution in [0.25, 0.3) is 0 Å². The van der Waals surface area contributed by atoms with Gasteiger partial charge in [0.05, 0.1) is 5.41 Å². The Balaban J connectivity index is 1.57. The third-order valence-corrected chi connectivity index (χ3v) is 6.84. The Kier molecular flexibility index (Phi) is 6.20. The van der Waals surface area contributed by atoms with Gasteiger partial charge >= 0.3 is 0 Å². The lowest BCUT2D eigenvalue weighted by atomic mass is 9.77. The van der Waals surface area contributed by atoms with E-state index in [9.17, 15) is 4.79 Å². The minimum Gasteiger partial charge on any atom is -0.339 e. The predicted octanol–water partition coefficient (Wildman–Crippen LogP) is 2.98. The molecule has 3 rings (SSSR count). The average Bonchev–Trinajstić information content (AvgIpc) is 3.03. The Hall–Kier alpha value is -0.610. The summed E-state index contributed by atoms with van der Waals surface area (Å²) in [5, 5.41) is 0. The second-order valence-corrected chi connectivity index (χ2v) is 8.23. The molecule has 2 heterocycles. The van der Waals surface area contributed by atoms with Crippen molar-refractivity contribution in [2.45, 2.75) is 71.3 Å². The third-order valence-electron chi connectivity index (χ3n) is 6.84.